The Kier molecular flexibility index (Phi) is 9.68. The number of fused-ring (bicyclic) bond motifs is 1. The predicted molar refractivity (Wildman–Crippen MR) is 186 cm³/mol. The summed E-state index contributed by atoms with van der Waals surface area (Å²) in [5, 5.41) is 12.6. The van der Waals surface area contributed by atoms with Crippen molar-refractivity contribution in [2.24, 2.45) is 0 Å². The molecule has 5 aromatic carbocycles. The van der Waals surface area contributed by atoms with Gasteiger partial charge in [-0.15, -0.1) is 0 Å². The van der Waals surface area contributed by atoms with Crippen LogP contribution in [0.2, 0.25) is 10.0 Å². The first-order valence-corrected chi connectivity index (χ1v) is 16.2. The number of rotatable bonds is 10. The number of nitrogens with zero attached hydrogens (tertiary/aromatic N) is 3. The lowest BCUT2D eigenvalue weighted by molar-refractivity contribution is -0.384. The number of hydrogen-bond donors (Lipinski definition) is 0. The average Bonchev–Trinajstić information content (AvgIpc) is 3.08. The van der Waals surface area contributed by atoms with E-state index >= 15 is 0 Å². The lowest BCUT2D eigenvalue weighted by Crippen LogP contribution is -2.48. The monoisotopic (exact) mass is 731 g/mol. The molecule has 11 heteroatoms. The summed E-state index contributed by atoms with van der Waals surface area (Å²) in [5.74, 6) is 0.609. The van der Waals surface area contributed by atoms with E-state index in [4.69, 9.17) is 32.7 Å². The number of non-ortho nitro benzene ring substituents is 1. The van der Waals surface area contributed by atoms with Gasteiger partial charge in [0.15, 0.2) is 11.5 Å². The second kappa shape index (κ2) is 14.0. The Morgan fingerprint density at radius 3 is 2.09 bits per heavy atom. The standard InChI is InChI=1S/C36H28BrCl2N3O5/c1-46-33-18-26(17-29(37)34(33)47-22-25-12-14-30(38)31(39)16-25)35-40(20-23-8-4-2-5-9-23)32-15-13-27(42(44)45)19-28(32)36(43)41(35)21-24-10-6-3-7-11-24/h2-19,35H,20-22H2,1H3/t35-/m0/s1. The zero-order chi connectivity index (χ0) is 33.1. The first-order valence-electron chi connectivity index (χ1n) is 14.6. The van der Waals surface area contributed by atoms with Crippen molar-refractivity contribution >= 4 is 56.4 Å². The van der Waals surface area contributed by atoms with Crippen LogP contribution in [0.15, 0.2) is 114 Å². The fourth-order valence-electron chi connectivity index (χ4n) is 5.69. The molecule has 1 aliphatic heterocycles. The van der Waals surface area contributed by atoms with Crippen LogP contribution in [0.3, 0.4) is 0 Å². The van der Waals surface area contributed by atoms with E-state index in [2.05, 4.69) is 20.8 Å². The number of benzene rings is 5. The Morgan fingerprint density at radius 2 is 1.47 bits per heavy atom. The van der Waals surface area contributed by atoms with Crippen LogP contribution in [-0.2, 0) is 19.7 Å². The van der Waals surface area contributed by atoms with E-state index < -0.39 is 11.1 Å². The summed E-state index contributed by atoms with van der Waals surface area (Å²) in [4.78, 5) is 29.5. The molecule has 0 saturated heterocycles. The second-order valence-corrected chi connectivity index (χ2v) is 12.6. The molecule has 0 unspecified atom stereocenters. The van der Waals surface area contributed by atoms with Gasteiger partial charge in [-0.1, -0.05) is 89.9 Å². The molecule has 0 N–H and O–H groups in total. The van der Waals surface area contributed by atoms with E-state index in [-0.39, 0.29) is 30.3 Å². The van der Waals surface area contributed by atoms with Gasteiger partial charge in [-0.2, -0.15) is 0 Å². The molecule has 0 radical (unpaired) electrons. The van der Waals surface area contributed by atoms with Gasteiger partial charge in [0.25, 0.3) is 11.6 Å². The molecule has 1 amide bonds. The summed E-state index contributed by atoms with van der Waals surface area (Å²) in [5.41, 5.74) is 4.19. The molecule has 0 aliphatic carbocycles. The molecular formula is C36H28BrCl2N3O5. The number of anilines is 1. The van der Waals surface area contributed by atoms with Gasteiger partial charge >= 0.3 is 0 Å². The normalized spacial score (nSPS) is 14.1. The summed E-state index contributed by atoms with van der Waals surface area (Å²) in [6.45, 7) is 0.886. The number of amides is 1. The Bertz CT molecular complexity index is 1950. The van der Waals surface area contributed by atoms with Crippen molar-refractivity contribution in [2.45, 2.75) is 25.9 Å². The average molecular weight is 733 g/mol. The minimum absolute atomic E-state index is 0.150. The van der Waals surface area contributed by atoms with Crippen LogP contribution in [0.5, 0.6) is 11.5 Å². The van der Waals surface area contributed by atoms with E-state index in [0.717, 1.165) is 22.3 Å². The minimum atomic E-state index is -0.619. The highest BCUT2D eigenvalue weighted by atomic mass is 79.9. The first-order chi connectivity index (χ1) is 22.7. The van der Waals surface area contributed by atoms with Crippen LogP contribution in [0.25, 0.3) is 0 Å². The van der Waals surface area contributed by atoms with Crippen LogP contribution in [0, 0.1) is 10.1 Å². The smallest absolute Gasteiger partial charge is 0.270 e. The Labute approximate surface area is 290 Å². The quantitative estimate of drug-likeness (QED) is 0.105. The zero-order valence-electron chi connectivity index (χ0n) is 25.1. The molecule has 5 aromatic rings. The molecule has 0 saturated carbocycles. The summed E-state index contributed by atoms with van der Waals surface area (Å²) in [7, 11) is 1.56. The van der Waals surface area contributed by atoms with Gasteiger partial charge in [0.2, 0.25) is 0 Å². The molecule has 6 rings (SSSR count). The van der Waals surface area contributed by atoms with E-state index in [1.165, 1.54) is 12.1 Å². The van der Waals surface area contributed by atoms with Crippen LogP contribution < -0.4 is 14.4 Å². The molecule has 47 heavy (non-hydrogen) atoms. The van der Waals surface area contributed by atoms with Crippen molar-refractivity contribution in [3.8, 4) is 11.5 Å². The van der Waals surface area contributed by atoms with Gasteiger partial charge in [-0.05, 0) is 68.5 Å². The fraction of sp³-hybridized carbons (Fsp3) is 0.139. The van der Waals surface area contributed by atoms with Gasteiger partial charge in [0, 0.05) is 25.2 Å². The molecule has 0 bridgehead atoms. The Morgan fingerprint density at radius 1 is 0.809 bits per heavy atom. The van der Waals surface area contributed by atoms with E-state index in [1.54, 1.807) is 30.2 Å². The largest absolute Gasteiger partial charge is 0.493 e. The van der Waals surface area contributed by atoms with Crippen LogP contribution >= 0.6 is 39.1 Å². The number of hydrogen-bond acceptors (Lipinski definition) is 6. The first kappa shape index (κ1) is 32.4. The summed E-state index contributed by atoms with van der Waals surface area (Å²) in [6.07, 6.45) is -0.619. The maximum Gasteiger partial charge on any atom is 0.270 e. The molecule has 8 nitrogen and oxygen atoms in total. The fourth-order valence-corrected chi connectivity index (χ4v) is 6.58. The van der Waals surface area contributed by atoms with Crippen molar-refractivity contribution in [3.63, 3.8) is 0 Å². The summed E-state index contributed by atoms with van der Waals surface area (Å²) in [6, 6.07) is 33.0. The number of carbonyl (C=O) groups is 1. The van der Waals surface area contributed by atoms with Crippen LogP contribution in [0.1, 0.15) is 38.8 Å². The summed E-state index contributed by atoms with van der Waals surface area (Å²) >= 11 is 16.0. The van der Waals surface area contributed by atoms with Gasteiger partial charge in [-0.3, -0.25) is 14.9 Å². The maximum atomic E-state index is 14.4. The number of nitro groups is 1. The van der Waals surface area contributed by atoms with E-state index in [1.807, 2.05) is 78.9 Å². The highest BCUT2D eigenvalue weighted by Crippen LogP contribution is 2.46. The Balaban J connectivity index is 1.47. The molecule has 0 aromatic heterocycles. The molecule has 238 valence electrons. The number of nitro benzene ring substituents is 1. The van der Waals surface area contributed by atoms with Crippen LogP contribution in [0.4, 0.5) is 11.4 Å². The maximum absolute atomic E-state index is 14.4. The number of methoxy groups -OCH3 is 1. The van der Waals surface area contributed by atoms with Crippen LogP contribution in [-0.4, -0.2) is 22.8 Å². The van der Waals surface area contributed by atoms with Crippen molar-refractivity contribution in [1.82, 2.24) is 4.90 Å². The molecular weight excluding hydrogens is 705 g/mol. The predicted octanol–water partition coefficient (Wildman–Crippen LogP) is 9.61. The van der Waals surface area contributed by atoms with Crippen molar-refractivity contribution in [2.75, 3.05) is 12.0 Å². The van der Waals surface area contributed by atoms with Gasteiger partial charge < -0.3 is 19.3 Å². The molecule has 1 aliphatic rings. The molecule has 1 atom stereocenters. The lowest BCUT2D eigenvalue weighted by atomic mass is 9.98. The highest BCUT2D eigenvalue weighted by molar-refractivity contribution is 9.10. The zero-order valence-corrected chi connectivity index (χ0v) is 28.2. The number of ether oxygens (including phenoxy) is 2. The second-order valence-electron chi connectivity index (χ2n) is 10.9. The van der Waals surface area contributed by atoms with Crippen molar-refractivity contribution in [3.05, 3.63) is 162 Å². The lowest BCUT2D eigenvalue weighted by Gasteiger charge is -2.46. The van der Waals surface area contributed by atoms with E-state index in [0.29, 0.717) is 38.2 Å². The van der Waals surface area contributed by atoms with Gasteiger partial charge in [0.1, 0.15) is 12.8 Å². The third-order valence-electron chi connectivity index (χ3n) is 7.89. The van der Waals surface area contributed by atoms with Crippen molar-refractivity contribution < 1.29 is 19.2 Å². The number of halogens is 3. The Hall–Kier alpha value is -4.57. The molecule has 0 fully saturated rings. The SMILES string of the molecule is COc1cc([C@@H]2N(Cc3ccccc3)C(=O)c3cc([N+](=O)[O-])ccc3N2Cc2ccccc2)cc(Br)c1OCc1ccc(Cl)c(Cl)c1. The van der Waals surface area contributed by atoms with Crippen molar-refractivity contribution in [1.29, 1.82) is 0 Å². The minimum Gasteiger partial charge on any atom is -0.493 e. The summed E-state index contributed by atoms with van der Waals surface area (Å²) < 4.78 is 12.7. The van der Waals surface area contributed by atoms with Gasteiger partial charge in [-0.25, -0.2) is 0 Å². The third kappa shape index (κ3) is 6.93. The van der Waals surface area contributed by atoms with Gasteiger partial charge in [0.05, 0.1) is 37.8 Å². The number of carbonyl (C=O) groups excluding carboxylic acids is 1. The topological polar surface area (TPSA) is 85.1 Å². The third-order valence-corrected chi connectivity index (χ3v) is 9.22. The highest BCUT2D eigenvalue weighted by Gasteiger charge is 2.40. The molecule has 0 spiro atoms. The molecule has 1 heterocycles. The van der Waals surface area contributed by atoms with E-state index in [9.17, 15) is 14.9 Å².